The van der Waals surface area contributed by atoms with Gasteiger partial charge in [-0.2, -0.15) is 5.10 Å². The van der Waals surface area contributed by atoms with Crippen molar-refractivity contribution in [2.24, 2.45) is 13.0 Å². The molecule has 2 aromatic rings. The lowest BCUT2D eigenvalue weighted by Crippen LogP contribution is -2.15. The van der Waals surface area contributed by atoms with Gasteiger partial charge in [-0.1, -0.05) is 19.1 Å². The summed E-state index contributed by atoms with van der Waals surface area (Å²) < 4.78 is 7.09. The molecule has 0 aliphatic carbocycles. The first-order chi connectivity index (χ1) is 10.2. The minimum absolute atomic E-state index is 0.179. The van der Waals surface area contributed by atoms with Crippen LogP contribution < -0.4 is 4.74 Å². The van der Waals surface area contributed by atoms with E-state index >= 15 is 0 Å². The van der Waals surface area contributed by atoms with Gasteiger partial charge in [0, 0.05) is 19.3 Å². The summed E-state index contributed by atoms with van der Waals surface area (Å²) in [6, 6.07) is 10.2. The van der Waals surface area contributed by atoms with Crippen LogP contribution in [0.4, 0.5) is 0 Å². The second-order valence-corrected chi connectivity index (χ2v) is 5.41. The number of hydrogen-bond acceptors (Lipinski definition) is 3. The number of aliphatic hydroxyl groups excluding tert-OH is 1. The predicted octanol–water partition coefficient (Wildman–Crippen LogP) is 2.38. The number of aliphatic hydroxyl groups is 1. The quantitative estimate of drug-likeness (QED) is 0.851. The molecule has 0 bridgehead atoms. The molecular formula is C17H24N2O2. The molecule has 1 heterocycles. The fourth-order valence-electron chi connectivity index (χ4n) is 2.53. The number of aromatic nitrogens is 2. The minimum Gasteiger partial charge on any atom is -0.497 e. The van der Waals surface area contributed by atoms with E-state index < -0.39 is 0 Å². The van der Waals surface area contributed by atoms with E-state index in [9.17, 15) is 5.11 Å². The molecule has 2 rings (SSSR count). The van der Waals surface area contributed by atoms with Gasteiger partial charge < -0.3 is 9.84 Å². The van der Waals surface area contributed by atoms with Crippen LogP contribution in [0.25, 0.3) is 0 Å². The molecule has 0 amide bonds. The third-order valence-corrected chi connectivity index (χ3v) is 3.83. The van der Waals surface area contributed by atoms with E-state index in [1.807, 2.05) is 23.9 Å². The summed E-state index contributed by atoms with van der Waals surface area (Å²) in [4.78, 5) is 0. The monoisotopic (exact) mass is 288 g/mol. The summed E-state index contributed by atoms with van der Waals surface area (Å²) in [6.45, 7) is 2.28. The second kappa shape index (κ2) is 7.27. The third-order valence-electron chi connectivity index (χ3n) is 3.83. The van der Waals surface area contributed by atoms with Crippen LogP contribution >= 0.6 is 0 Å². The molecule has 1 unspecified atom stereocenters. The lowest BCUT2D eigenvalue weighted by atomic mass is 9.95. The minimum atomic E-state index is 0.179. The highest BCUT2D eigenvalue weighted by atomic mass is 16.5. The van der Waals surface area contributed by atoms with Crippen LogP contribution in [0.15, 0.2) is 30.3 Å². The number of nitrogens with zero attached hydrogens (tertiary/aromatic N) is 2. The molecule has 0 aliphatic rings. The van der Waals surface area contributed by atoms with Gasteiger partial charge in [0.15, 0.2) is 0 Å². The Morgan fingerprint density at radius 2 is 1.95 bits per heavy atom. The number of aryl methyl sites for hydroxylation is 2. The highest BCUT2D eigenvalue weighted by molar-refractivity contribution is 5.27. The van der Waals surface area contributed by atoms with Crippen LogP contribution in [0.3, 0.4) is 0 Å². The molecule has 1 N–H and O–H groups in total. The Morgan fingerprint density at radius 1 is 1.24 bits per heavy atom. The number of hydrogen-bond donors (Lipinski definition) is 1. The molecule has 0 spiro atoms. The van der Waals surface area contributed by atoms with Gasteiger partial charge in [-0.05, 0) is 48.9 Å². The van der Waals surface area contributed by atoms with E-state index in [0.717, 1.165) is 30.7 Å². The summed E-state index contributed by atoms with van der Waals surface area (Å²) in [5, 5.41) is 14.1. The van der Waals surface area contributed by atoms with Crippen LogP contribution in [0.2, 0.25) is 0 Å². The first-order valence-electron chi connectivity index (χ1n) is 7.41. The number of rotatable bonds is 7. The maximum absolute atomic E-state index is 9.65. The lowest BCUT2D eigenvalue weighted by molar-refractivity contribution is 0.223. The molecule has 4 nitrogen and oxygen atoms in total. The van der Waals surface area contributed by atoms with Crippen LogP contribution in [0.5, 0.6) is 5.75 Å². The largest absolute Gasteiger partial charge is 0.497 e. The fraction of sp³-hybridized carbons (Fsp3) is 0.471. The second-order valence-electron chi connectivity index (χ2n) is 5.41. The van der Waals surface area contributed by atoms with Gasteiger partial charge >= 0.3 is 0 Å². The van der Waals surface area contributed by atoms with Crippen molar-refractivity contribution in [2.75, 3.05) is 13.7 Å². The maximum Gasteiger partial charge on any atom is 0.118 e. The van der Waals surface area contributed by atoms with Crippen molar-refractivity contribution in [1.82, 2.24) is 9.78 Å². The van der Waals surface area contributed by atoms with Crippen LogP contribution in [-0.4, -0.2) is 28.6 Å². The standard InChI is InChI=1S/C17H24N2O2/c1-4-15-11-16(19(2)18-15)10-14(12-20)9-13-5-7-17(21-3)8-6-13/h5-8,11,14,20H,4,9-10,12H2,1-3H3. The molecule has 1 atom stereocenters. The average molecular weight is 288 g/mol. The average Bonchev–Trinajstić information content (AvgIpc) is 2.87. The first-order valence-corrected chi connectivity index (χ1v) is 7.41. The number of benzene rings is 1. The van der Waals surface area contributed by atoms with E-state index in [4.69, 9.17) is 4.74 Å². The molecule has 1 aromatic carbocycles. The van der Waals surface area contributed by atoms with Crippen molar-refractivity contribution in [3.05, 3.63) is 47.3 Å². The van der Waals surface area contributed by atoms with E-state index in [0.29, 0.717) is 0 Å². The molecule has 21 heavy (non-hydrogen) atoms. The van der Waals surface area contributed by atoms with Crippen molar-refractivity contribution in [3.63, 3.8) is 0 Å². The van der Waals surface area contributed by atoms with Crippen LogP contribution in [0, 0.1) is 5.92 Å². The SMILES string of the molecule is CCc1cc(CC(CO)Cc2ccc(OC)cc2)n(C)n1. The van der Waals surface area contributed by atoms with Crippen LogP contribution in [0.1, 0.15) is 23.9 Å². The summed E-state index contributed by atoms with van der Waals surface area (Å²) >= 11 is 0. The molecule has 0 radical (unpaired) electrons. The topological polar surface area (TPSA) is 47.3 Å². The predicted molar refractivity (Wildman–Crippen MR) is 83.6 cm³/mol. The molecule has 0 saturated carbocycles. The van der Waals surface area contributed by atoms with Crippen molar-refractivity contribution in [1.29, 1.82) is 0 Å². The first kappa shape index (κ1) is 15.6. The molecule has 1 aromatic heterocycles. The Labute approximate surface area is 126 Å². The molecular weight excluding hydrogens is 264 g/mol. The van der Waals surface area contributed by atoms with Crippen molar-refractivity contribution >= 4 is 0 Å². The zero-order valence-electron chi connectivity index (χ0n) is 13.0. The van der Waals surface area contributed by atoms with E-state index in [1.54, 1.807) is 7.11 Å². The zero-order valence-corrected chi connectivity index (χ0v) is 13.0. The Balaban J connectivity index is 2.03. The summed E-state index contributed by atoms with van der Waals surface area (Å²) in [6.07, 6.45) is 2.63. The molecule has 0 fully saturated rings. The van der Waals surface area contributed by atoms with Crippen molar-refractivity contribution < 1.29 is 9.84 Å². The van der Waals surface area contributed by atoms with E-state index in [2.05, 4.69) is 30.2 Å². The van der Waals surface area contributed by atoms with Gasteiger partial charge in [-0.25, -0.2) is 0 Å². The molecule has 4 heteroatoms. The fourth-order valence-corrected chi connectivity index (χ4v) is 2.53. The van der Waals surface area contributed by atoms with Crippen LogP contribution in [-0.2, 0) is 26.3 Å². The Bertz CT molecular complexity index is 561. The summed E-state index contributed by atoms with van der Waals surface area (Å²) in [7, 11) is 3.63. The maximum atomic E-state index is 9.65. The van der Waals surface area contributed by atoms with Gasteiger partial charge in [0.25, 0.3) is 0 Å². The molecule has 0 aliphatic heterocycles. The highest BCUT2D eigenvalue weighted by Gasteiger charge is 2.13. The van der Waals surface area contributed by atoms with Gasteiger partial charge in [0.1, 0.15) is 5.75 Å². The lowest BCUT2D eigenvalue weighted by Gasteiger charge is -2.14. The third kappa shape index (κ3) is 4.08. The Hall–Kier alpha value is -1.81. The number of methoxy groups -OCH3 is 1. The smallest absolute Gasteiger partial charge is 0.118 e. The zero-order chi connectivity index (χ0) is 15.2. The highest BCUT2D eigenvalue weighted by Crippen LogP contribution is 2.18. The van der Waals surface area contributed by atoms with Gasteiger partial charge in [-0.3, -0.25) is 4.68 Å². The normalized spacial score (nSPS) is 12.4. The van der Waals surface area contributed by atoms with Crippen molar-refractivity contribution in [3.8, 4) is 5.75 Å². The summed E-state index contributed by atoms with van der Waals surface area (Å²) in [5.74, 6) is 1.07. The van der Waals surface area contributed by atoms with Gasteiger partial charge in [-0.15, -0.1) is 0 Å². The van der Waals surface area contributed by atoms with Gasteiger partial charge in [0.05, 0.1) is 12.8 Å². The van der Waals surface area contributed by atoms with E-state index in [1.165, 1.54) is 11.3 Å². The molecule has 0 saturated heterocycles. The van der Waals surface area contributed by atoms with Gasteiger partial charge in [0.2, 0.25) is 0 Å². The Kier molecular flexibility index (Phi) is 5.39. The Morgan fingerprint density at radius 3 is 2.48 bits per heavy atom. The van der Waals surface area contributed by atoms with E-state index in [-0.39, 0.29) is 12.5 Å². The summed E-state index contributed by atoms with van der Waals surface area (Å²) in [5.41, 5.74) is 3.50. The van der Waals surface area contributed by atoms with Crippen molar-refractivity contribution in [2.45, 2.75) is 26.2 Å². The number of ether oxygens (including phenoxy) is 1. The molecule has 114 valence electrons.